The standard InChI is InChI=1S/C22H25F4N3O3/c1-2-3-13-29-14-11-16(12-15-29)7-6-9-17-8-4-5-10-18(17)27-28-19(30)21(23,24)22(25,26)20(31)32/h4-5,8,10-12,14-15,27H,2-3,6-7,9,13H2,1H3,(H-,28,30,31,32). The third kappa shape index (κ3) is 6.18. The predicted molar refractivity (Wildman–Crippen MR) is 107 cm³/mol. The molecule has 174 valence electrons. The van der Waals surface area contributed by atoms with Crippen molar-refractivity contribution in [3.05, 3.63) is 59.9 Å². The smallest absolute Gasteiger partial charge is 0.393 e. The monoisotopic (exact) mass is 455 g/mol. The number of nitrogens with zero attached hydrogens (tertiary/aromatic N) is 1. The van der Waals surface area contributed by atoms with Crippen molar-refractivity contribution in [1.82, 2.24) is 5.43 Å². The Hall–Kier alpha value is -3.17. The van der Waals surface area contributed by atoms with Crippen molar-refractivity contribution in [3.8, 4) is 0 Å². The molecule has 1 heterocycles. The number of hydrogen-bond acceptors (Lipinski definition) is 4. The summed E-state index contributed by atoms with van der Waals surface area (Å²) in [6.07, 6.45) is 8.23. The average Bonchev–Trinajstić information content (AvgIpc) is 2.77. The highest BCUT2D eigenvalue weighted by Crippen LogP contribution is 2.34. The summed E-state index contributed by atoms with van der Waals surface area (Å²) in [6.45, 7) is 3.08. The fraction of sp³-hybridized carbons (Fsp3) is 0.409. The van der Waals surface area contributed by atoms with Crippen molar-refractivity contribution in [3.63, 3.8) is 0 Å². The molecule has 0 aliphatic heterocycles. The van der Waals surface area contributed by atoms with Gasteiger partial charge >= 0.3 is 17.8 Å². The lowest BCUT2D eigenvalue weighted by atomic mass is 10.0. The Balaban J connectivity index is 1.94. The maximum absolute atomic E-state index is 13.5. The van der Waals surface area contributed by atoms with Gasteiger partial charge in [0.2, 0.25) is 0 Å². The van der Waals surface area contributed by atoms with E-state index >= 15 is 0 Å². The molecule has 6 nitrogen and oxygen atoms in total. The first-order chi connectivity index (χ1) is 15.1. The van der Waals surface area contributed by atoms with Gasteiger partial charge in [-0.25, -0.2) is 4.57 Å². The zero-order valence-corrected chi connectivity index (χ0v) is 17.5. The van der Waals surface area contributed by atoms with Crippen LogP contribution in [-0.4, -0.2) is 23.7 Å². The van der Waals surface area contributed by atoms with Crippen LogP contribution in [0.2, 0.25) is 0 Å². The van der Waals surface area contributed by atoms with E-state index in [0.29, 0.717) is 18.4 Å². The van der Waals surface area contributed by atoms with Crippen LogP contribution in [0.4, 0.5) is 23.2 Å². The number of nitrogens with one attached hydrogen (secondary N) is 2. The van der Waals surface area contributed by atoms with Crippen LogP contribution >= 0.6 is 0 Å². The molecule has 10 heteroatoms. The first-order valence-corrected chi connectivity index (χ1v) is 10.2. The van der Waals surface area contributed by atoms with E-state index in [9.17, 15) is 32.3 Å². The van der Waals surface area contributed by atoms with Gasteiger partial charge < -0.3 is 9.90 Å². The number of amides is 1. The number of pyridine rings is 1. The van der Waals surface area contributed by atoms with Crippen LogP contribution in [-0.2, 0) is 29.0 Å². The first kappa shape index (κ1) is 25.1. The molecule has 0 atom stereocenters. The number of carbonyl (C=O) groups is 2. The molecule has 2 N–H and O–H groups in total. The van der Waals surface area contributed by atoms with E-state index in [0.717, 1.165) is 31.4 Å². The van der Waals surface area contributed by atoms with E-state index < -0.39 is 23.7 Å². The Morgan fingerprint density at radius 2 is 1.62 bits per heavy atom. The number of carboxylic acids is 1. The number of alkyl halides is 4. The number of para-hydroxylation sites is 1. The number of halogens is 4. The molecule has 2 aromatic rings. The van der Waals surface area contributed by atoms with Crippen LogP contribution in [0.5, 0.6) is 0 Å². The summed E-state index contributed by atoms with van der Waals surface area (Å²) in [4.78, 5) is 21.8. The molecule has 0 radical (unpaired) electrons. The highest BCUT2D eigenvalue weighted by molar-refractivity contribution is 5.92. The highest BCUT2D eigenvalue weighted by atomic mass is 19.3. The maximum atomic E-state index is 13.5. The van der Waals surface area contributed by atoms with Crippen molar-refractivity contribution in [2.24, 2.45) is 0 Å². The van der Waals surface area contributed by atoms with E-state index in [2.05, 4.69) is 16.9 Å². The average molecular weight is 455 g/mol. The molecule has 0 aliphatic carbocycles. The van der Waals surface area contributed by atoms with Crippen molar-refractivity contribution in [2.45, 2.75) is 57.4 Å². The fourth-order valence-electron chi connectivity index (χ4n) is 2.96. The largest absolute Gasteiger partial charge is 0.544 e. The number of unbranched alkanes of at least 4 members (excludes halogenated alkanes) is 1. The number of benzene rings is 1. The number of aryl methyl sites for hydroxylation is 3. The van der Waals surface area contributed by atoms with Gasteiger partial charge in [-0.1, -0.05) is 31.5 Å². The fourth-order valence-corrected chi connectivity index (χ4v) is 2.96. The van der Waals surface area contributed by atoms with Crippen LogP contribution in [0.25, 0.3) is 0 Å². The van der Waals surface area contributed by atoms with E-state index in [1.807, 2.05) is 24.5 Å². The molecule has 0 saturated heterocycles. The summed E-state index contributed by atoms with van der Waals surface area (Å²) in [5.74, 6) is -17.0. The molecule has 2 rings (SSSR count). The lowest BCUT2D eigenvalue weighted by Gasteiger charge is -2.26. The van der Waals surface area contributed by atoms with E-state index in [1.54, 1.807) is 18.2 Å². The van der Waals surface area contributed by atoms with Gasteiger partial charge in [0.05, 0.1) is 5.69 Å². The second-order valence-corrected chi connectivity index (χ2v) is 7.32. The Morgan fingerprint density at radius 3 is 2.25 bits per heavy atom. The highest BCUT2D eigenvalue weighted by Gasteiger charge is 2.63. The minimum absolute atomic E-state index is 0.235. The number of carbonyl (C=O) groups excluding carboxylic acids is 2. The number of hydrogen-bond donors (Lipinski definition) is 2. The molecule has 0 bridgehead atoms. The van der Waals surface area contributed by atoms with Gasteiger partial charge in [0, 0.05) is 18.6 Å². The Labute approximate surface area is 183 Å². The van der Waals surface area contributed by atoms with Crippen LogP contribution in [0.1, 0.15) is 37.3 Å². The predicted octanol–water partition coefficient (Wildman–Crippen LogP) is 2.41. The molecule has 1 amide bonds. The summed E-state index contributed by atoms with van der Waals surface area (Å²) in [6, 6.07) is 10.5. The van der Waals surface area contributed by atoms with Gasteiger partial charge in [0.1, 0.15) is 12.5 Å². The summed E-state index contributed by atoms with van der Waals surface area (Å²) >= 11 is 0. The minimum atomic E-state index is -5.65. The molecule has 0 unspecified atom stereocenters. The molecule has 1 aromatic carbocycles. The Kier molecular flexibility index (Phi) is 8.56. The maximum Gasteiger partial charge on any atom is 0.393 e. The van der Waals surface area contributed by atoms with E-state index in [4.69, 9.17) is 0 Å². The van der Waals surface area contributed by atoms with Gasteiger partial charge in [-0.15, -0.1) is 0 Å². The summed E-state index contributed by atoms with van der Waals surface area (Å²) in [7, 11) is 0. The third-order valence-corrected chi connectivity index (χ3v) is 4.91. The molecular weight excluding hydrogens is 430 g/mol. The van der Waals surface area contributed by atoms with Crippen LogP contribution in [0, 0.1) is 0 Å². The number of aromatic nitrogens is 1. The van der Waals surface area contributed by atoms with Crippen molar-refractivity contribution in [1.29, 1.82) is 0 Å². The minimum Gasteiger partial charge on any atom is -0.544 e. The van der Waals surface area contributed by atoms with Crippen LogP contribution in [0.3, 0.4) is 0 Å². The van der Waals surface area contributed by atoms with Crippen molar-refractivity contribution in [2.75, 3.05) is 5.43 Å². The zero-order chi connectivity index (χ0) is 23.8. The van der Waals surface area contributed by atoms with Gasteiger partial charge in [0.25, 0.3) is 0 Å². The summed E-state index contributed by atoms with van der Waals surface area (Å²) in [5, 5.41) is 10.3. The molecule has 0 saturated carbocycles. The van der Waals surface area contributed by atoms with Gasteiger partial charge in [-0.2, -0.15) is 17.6 Å². The quantitative estimate of drug-likeness (QED) is 0.293. The number of rotatable bonds is 12. The van der Waals surface area contributed by atoms with Gasteiger partial charge in [-0.3, -0.25) is 15.6 Å². The molecular formula is C22H25F4N3O3. The Morgan fingerprint density at radius 1 is 0.969 bits per heavy atom. The van der Waals surface area contributed by atoms with Gasteiger partial charge in [0.15, 0.2) is 12.4 Å². The molecule has 32 heavy (non-hydrogen) atoms. The van der Waals surface area contributed by atoms with Crippen molar-refractivity contribution >= 4 is 17.6 Å². The molecule has 1 aromatic heterocycles. The van der Waals surface area contributed by atoms with E-state index in [-0.39, 0.29) is 5.69 Å². The third-order valence-electron chi connectivity index (χ3n) is 4.91. The van der Waals surface area contributed by atoms with Crippen LogP contribution in [0.15, 0.2) is 48.8 Å². The second kappa shape index (κ2) is 10.9. The SMILES string of the molecule is CCCC[n+]1ccc(CCCc2ccccc2NNC(=O)C(F)(F)C(F)(F)C(=O)[O-])cc1. The normalized spacial score (nSPS) is 11.8. The molecule has 0 fully saturated rings. The second-order valence-electron chi connectivity index (χ2n) is 7.32. The lowest BCUT2D eigenvalue weighted by molar-refractivity contribution is -0.697. The zero-order valence-electron chi connectivity index (χ0n) is 17.5. The number of aliphatic carboxylic acids is 1. The van der Waals surface area contributed by atoms with Crippen molar-refractivity contribution < 1.29 is 36.8 Å². The van der Waals surface area contributed by atoms with E-state index in [1.165, 1.54) is 11.5 Å². The molecule has 0 aliphatic rings. The first-order valence-electron chi connectivity index (χ1n) is 10.2. The summed E-state index contributed by atoms with van der Waals surface area (Å²) < 4.78 is 55.3. The lowest BCUT2D eigenvalue weighted by Crippen LogP contribution is -2.61. The molecule has 0 spiro atoms. The number of hydrazine groups is 1. The van der Waals surface area contributed by atoms with Gasteiger partial charge in [-0.05, 0) is 36.5 Å². The Bertz CT molecular complexity index is 921. The number of carboxylic acid groups (broad SMARTS) is 1. The summed E-state index contributed by atoms with van der Waals surface area (Å²) in [5.41, 5.74) is 5.66. The number of anilines is 1. The topological polar surface area (TPSA) is 85.1 Å². The van der Waals surface area contributed by atoms with Crippen LogP contribution < -0.4 is 20.5 Å².